The number of nitrogens with two attached hydrogens (primary N) is 1. The Morgan fingerprint density at radius 1 is 1.75 bits per heavy atom. The first kappa shape index (κ1) is 11.5. The lowest BCUT2D eigenvalue weighted by atomic mass is 10.1. The van der Waals surface area contributed by atoms with Gasteiger partial charge in [0, 0.05) is 26.1 Å². The minimum Gasteiger partial charge on any atom is -0.381 e. The molecule has 0 amide bonds. The van der Waals surface area contributed by atoms with Crippen LogP contribution in [0.1, 0.15) is 6.42 Å². The maximum Gasteiger partial charge on any atom is 0.188 e. The lowest BCUT2D eigenvalue weighted by molar-refractivity contribution is 0.186. The van der Waals surface area contributed by atoms with Crippen molar-refractivity contribution in [3.8, 4) is 0 Å². The minimum atomic E-state index is 0. The summed E-state index contributed by atoms with van der Waals surface area (Å²) in [7, 11) is 1.67. The van der Waals surface area contributed by atoms with Gasteiger partial charge in [0.25, 0.3) is 0 Å². The Labute approximate surface area is 79.0 Å². The van der Waals surface area contributed by atoms with E-state index >= 15 is 0 Å². The van der Waals surface area contributed by atoms with Gasteiger partial charge < -0.3 is 15.8 Å². The summed E-state index contributed by atoms with van der Waals surface area (Å²) in [5.74, 6) is 1.12. The molecule has 1 unspecified atom stereocenters. The van der Waals surface area contributed by atoms with Gasteiger partial charge in [-0.2, -0.15) is 0 Å². The molecule has 0 saturated carbocycles. The number of rotatable bonds is 2. The molecule has 12 heavy (non-hydrogen) atoms. The van der Waals surface area contributed by atoms with Gasteiger partial charge in [0.15, 0.2) is 5.96 Å². The third-order valence-corrected chi connectivity index (χ3v) is 1.84. The predicted molar refractivity (Wildman–Crippen MR) is 51.7 cm³/mol. The van der Waals surface area contributed by atoms with Crippen LogP contribution in [0, 0.1) is 5.92 Å². The van der Waals surface area contributed by atoms with Crippen LogP contribution in [0.15, 0.2) is 4.99 Å². The number of hydrogen-bond acceptors (Lipinski definition) is 2. The molecule has 0 aromatic heterocycles. The Hall–Kier alpha value is -0.480. The van der Waals surface area contributed by atoms with Crippen LogP contribution in [0.2, 0.25) is 0 Å². The summed E-state index contributed by atoms with van der Waals surface area (Å²) in [4.78, 5) is 3.79. The first-order chi connectivity index (χ1) is 5.33. The summed E-state index contributed by atoms with van der Waals surface area (Å²) < 4.78 is 5.20. The van der Waals surface area contributed by atoms with Gasteiger partial charge in [-0.05, 0) is 6.42 Å². The highest BCUT2D eigenvalue weighted by molar-refractivity contribution is 5.85. The number of aliphatic imine (C=N–C) groups is 1. The van der Waals surface area contributed by atoms with E-state index in [1.54, 1.807) is 7.05 Å². The molecule has 3 N–H and O–H groups in total. The summed E-state index contributed by atoms with van der Waals surface area (Å²) in [6.45, 7) is 2.61. The maximum atomic E-state index is 5.45. The predicted octanol–water partition coefficient (Wildman–Crippen LogP) is -0.0212. The fourth-order valence-electron chi connectivity index (χ4n) is 1.07. The Bertz CT molecular complexity index is 146. The molecule has 1 aliphatic rings. The van der Waals surface area contributed by atoms with Crippen LogP contribution in [0.5, 0.6) is 0 Å². The van der Waals surface area contributed by atoms with E-state index in [0.717, 1.165) is 26.2 Å². The third-order valence-electron chi connectivity index (χ3n) is 1.84. The molecule has 1 fully saturated rings. The molecule has 1 heterocycles. The minimum absolute atomic E-state index is 0. The molecule has 4 nitrogen and oxygen atoms in total. The number of ether oxygens (including phenoxy) is 1. The van der Waals surface area contributed by atoms with Gasteiger partial charge >= 0.3 is 0 Å². The molecule has 0 aromatic carbocycles. The lowest BCUT2D eigenvalue weighted by Crippen LogP contribution is -2.35. The molecule has 0 radical (unpaired) electrons. The van der Waals surface area contributed by atoms with Gasteiger partial charge in [0.2, 0.25) is 0 Å². The van der Waals surface area contributed by atoms with Crippen molar-refractivity contribution in [2.75, 3.05) is 26.8 Å². The van der Waals surface area contributed by atoms with Crippen LogP contribution in [-0.2, 0) is 4.74 Å². The molecule has 0 bridgehead atoms. The van der Waals surface area contributed by atoms with Crippen LogP contribution < -0.4 is 11.1 Å². The van der Waals surface area contributed by atoms with Gasteiger partial charge in [-0.25, -0.2) is 0 Å². The van der Waals surface area contributed by atoms with Crippen LogP contribution in [-0.4, -0.2) is 32.8 Å². The van der Waals surface area contributed by atoms with E-state index in [2.05, 4.69) is 10.3 Å². The van der Waals surface area contributed by atoms with Crippen molar-refractivity contribution >= 4 is 18.4 Å². The molecular formula is C7H16ClN3O. The largest absolute Gasteiger partial charge is 0.381 e. The number of nitrogens with zero attached hydrogens (tertiary/aromatic N) is 1. The van der Waals surface area contributed by atoms with Gasteiger partial charge in [-0.15, -0.1) is 12.4 Å². The van der Waals surface area contributed by atoms with Crippen molar-refractivity contribution in [3.63, 3.8) is 0 Å². The second-order valence-corrected chi connectivity index (χ2v) is 2.72. The highest BCUT2D eigenvalue weighted by Gasteiger charge is 2.14. The van der Waals surface area contributed by atoms with E-state index < -0.39 is 0 Å². The van der Waals surface area contributed by atoms with Crippen molar-refractivity contribution in [2.45, 2.75) is 6.42 Å². The zero-order valence-corrected chi connectivity index (χ0v) is 8.06. The molecule has 0 spiro atoms. The lowest BCUT2D eigenvalue weighted by Gasteiger charge is -2.08. The first-order valence-corrected chi connectivity index (χ1v) is 3.87. The van der Waals surface area contributed by atoms with Crippen molar-refractivity contribution < 1.29 is 4.74 Å². The van der Waals surface area contributed by atoms with E-state index in [4.69, 9.17) is 10.5 Å². The highest BCUT2D eigenvalue weighted by atomic mass is 35.5. The zero-order valence-electron chi connectivity index (χ0n) is 7.25. The summed E-state index contributed by atoms with van der Waals surface area (Å²) in [5, 5.41) is 3.02. The van der Waals surface area contributed by atoms with E-state index in [0.29, 0.717) is 11.9 Å². The normalized spacial score (nSPS) is 23.4. The third kappa shape index (κ3) is 3.78. The van der Waals surface area contributed by atoms with E-state index in [1.165, 1.54) is 0 Å². The average molecular weight is 194 g/mol. The van der Waals surface area contributed by atoms with Crippen molar-refractivity contribution in [1.82, 2.24) is 5.32 Å². The van der Waals surface area contributed by atoms with Crippen molar-refractivity contribution in [3.05, 3.63) is 0 Å². The number of halogens is 1. The second kappa shape index (κ2) is 6.08. The monoisotopic (exact) mass is 193 g/mol. The fraction of sp³-hybridized carbons (Fsp3) is 0.857. The molecular weight excluding hydrogens is 178 g/mol. The highest BCUT2D eigenvalue weighted by Crippen LogP contribution is 2.10. The van der Waals surface area contributed by atoms with E-state index in [9.17, 15) is 0 Å². The Morgan fingerprint density at radius 2 is 2.50 bits per heavy atom. The number of hydrogen-bond donors (Lipinski definition) is 2. The maximum absolute atomic E-state index is 5.45. The molecule has 5 heteroatoms. The summed E-state index contributed by atoms with van der Waals surface area (Å²) >= 11 is 0. The van der Waals surface area contributed by atoms with Crippen LogP contribution in [0.3, 0.4) is 0 Å². The van der Waals surface area contributed by atoms with Crippen LogP contribution in [0.25, 0.3) is 0 Å². The first-order valence-electron chi connectivity index (χ1n) is 3.87. The van der Waals surface area contributed by atoms with Crippen LogP contribution >= 0.6 is 12.4 Å². The topological polar surface area (TPSA) is 59.6 Å². The summed E-state index contributed by atoms with van der Waals surface area (Å²) in [5.41, 5.74) is 5.45. The molecule has 1 rings (SSSR count). The molecule has 1 atom stereocenters. The van der Waals surface area contributed by atoms with Gasteiger partial charge in [0.05, 0.1) is 6.61 Å². The van der Waals surface area contributed by atoms with Crippen LogP contribution in [0.4, 0.5) is 0 Å². The van der Waals surface area contributed by atoms with E-state index in [-0.39, 0.29) is 12.4 Å². The molecule has 1 saturated heterocycles. The van der Waals surface area contributed by atoms with Crippen molar-refractivity contribution in [2.24, 2.45) is 16.6 Å². The Balaban J connectivity index is 0.00000121. The number of nitrogens with one attached hydrogen (secondary N) is 1. The zero-order chi connectivity index (χ0) is 8.10. The molecule has 1 aliphatic heterocycles. The van der Waals surface area contributed by atoms with E-state index in [1.807, 2.05) is 0 Å². The number of guanidine groups is 1. The van der Waals surface area contributed by atoms with Crippen molar-refractivity contribution in [1.29, 1.82) is 0 Å². The smallest absolute Gasteiger partial charge is 0.188 e. The SMILES string of the molecule is CN=C(N)NCC1CCOC1.Cl. The average Bonchev–Trinajstić information content (AvgIpc) is 2.52. The summed E-state index contributed by atoms with van der Waals surface area (Å²) in [6.07, 6.45) is 1.13. The summed E-state index contributed by atoms with van der Waals surface area (Å²) in [6, 6.07) is 0. The fourth-order valence-corrected chi connectivity index (χ4v) is 1.07. The quantitative estimate of drug-likeness (QED) is 0.479. The Morgan fingerprint density at radius 3 is 3.00 bits per heavy atom. The molecule has 0 aliphatic carbocycles. The Kier molecular flexibility index (Phi) is 5.84. The standard InChI is InChI=1S/C7H15N3O.ClH/c1-9-7(8)10-4-6-2-3-11-5-6;/h6H,2-5H2,1H3,(H3,8,9,10);1H. The van der Waals surface area contributed by atoms with Gasteiger partial charge in [-0.1, -0.05) is 0 Å². The van der Waals surface area contributed by atoms with Gasteiger partial charge in [0.1, 0.15) is 0 Å². The molecule has 0 aromatic rings. The van der Waals surface area contributed by atoms with Gasteiger partial charge in [-0.3, -0.25) is 4.99 Å². The molecule has 72 valence electrons. The second-order valence-electron chi connectivity index (χ2n) is 2.72.